The Bertz CT molecular complexity index is 1560. The summed E-state index contributed by atoms with van der Waals surface area (Å²) in [5, 5.41) is 0.947. The van der Waals surface area contributed by atoms with E-state index in [-0.39, 0.29) is 42.6 Å². The number of fused-ring (bicyclic) bond motifs is 5. The maximum absolute atomic E-state index is 13.5. The number of ether oxygens (including phenoxy) is 2. The van der Waals surface area contributed by atoms with Crippen LogP contribution in [0.1, 0.15) is 42.9 Å². The summed E-state index contributed by atoms with van der Waals surface area (Å²) in [5.41, 5.74) is 1.01. The minimum Gasteiger partial charge on any atom is -0.457 e. The van der Waals surface area contributed by atoms with Gasteiger partial charge in [-0.3, -0.25) is 24.1 Å². The lowest BCUT2D eigenvalue weighted by Crippen LogP contribution is -2.49. The standard InChI is InChI=1S/C26H21N3O7/c1-2-26(36-22(32)12-29-20(30)7-8-21(29)31)17-10-19-23-15(9-14-5-3-4-6-18(14)27-23)11-28(19)24(33)16(17)13-35-25(26)34/h3-6,9-10H,2,7-8,11-13H2,1H3/t26-/m0/s1. The first-order chi connectivity index (χ1) is 17.3. The van der Waals surface area contributed by atoms with E-state index in [4.69, 9.17) is 14.5 Å². The van der Waals surface area contributed by atoms with Crippen molar-refractivity contribution in [3.63, 3.8) is 0 Å². The van der Waals surface area contributed by atoms with E-state index < -0.39 is 35.9 Å². The molecule has 10 heteroatoms. The number of carbonyl (C=O) groups excluding carboxylic acids is 4. The monoisotopic (exact) mass is 487 g/mol. The summed E-state index contributed by atoms with van der Waals surface area (Å²) in [6, 6.07) is 11.3. The third-order valence-corrected chi connectivity index (χ3v) is 7.11. The molecule has 36 heavy (non-hydrogen) atoms. The summed E-state index contributed by atoms with van der Waals surface area (Å²) in [6.07, 6.45) is 0.0488. The average Bonchev–Trinajstić information content (AvgIpc) is 3.39. The first-order valence-corrected chi connectivity index (χ1v) is 11.7. The number of cyclic esters (lactones) is 1. The first kappa shape index (κ1) is 22.1. The molecule has 1 atom stereocenters. The molecule has 0 aliphatic carbocycles. The van der Waals surface area contributed by atoms with Crippen molar-refractivity contribution in [1.82, 2.24) is 14.5 Å². The molecule has 0 radical (unpaired) electrons. The van der Waals surface area contributed by atoms with Gasteiger partial charge in [-0.1, -0.05) is 25.1 Å². The number of hydrogen-bond donors (Lipinski definition) is 0. The number of esters is 2. The van der Waals surface area contributed by atoms with Crippen molar-refractivity contribution in [3.05, 3.63) is 63.4 Å². The molecule has 1 saturated heterocycles. The van der Waals surface area contributed by atoms with Crippen molar-refractivity contribution in [2.45, 2.75) is 44.9 Å². The van der Waals surface area contributed by atoms with Crippen molar-refractivity contribution in [2.75, 3.05) is 6.54 Å². The van der Waals surface area contributed by atoms with Crippen LogP contribution in [0.15, 0.2) is 41.2 Å². The van der Waals surface area contributed by atoms with E-state index >= 15 is 0 Å². The Kier molecular flexibility index (Phi) is 4.82. The predicted octanol–water partition coefficient (Wildman–Crippen LogP) is 1.78. The number of aromatic nitrogens is 2. The lowest BCUT2D eigenvalue weighted by molar-refractivity contribution is -0.190. The van der Waals surface area contributed by atoms with Gasteiger partial charge in [-0.15, -0.1) is 0 Å². The van der Waals surface area contributed by atoms with E-state index in [0.29, 0.717) is 17.9 Å². The highest BCUT2D eigenvalue weighted by Crippen LogP contribution is 2.41. The van der Waals surface area contributed by atoms with Crippen LogP contribution in [0, 0.1) is 0 Å². The van der Waals surface area contributed by atoms with Gasteiger partial charge in [0, 0.05) is 29.4 Å². The molecule has 3 aliphatic heterocycles. The molecule has 2 aromatic heterocycles. The summed E-state index contributed by atoms with van der Waals surface area (Å²) in [5.74, 6) is -2.69. The van der Waals surface area contributed by atoms with Crippen LogP contribution in [0.4, 0.5) is 0 Å². The second-order valence-corrected chi connectivity index (χ2v) is 9.11. The van der Waals surface area contributed by atoms with E-state index in [0.717, 1.165) is 21.4 Å². The van der Waals surface area contributed by atoms with Gasteiger partial charge in [0.15, 0.2) is 0 Å². The summed E-state index contributed by atoms with van der Waals surface area (Å²) in [7, 11) is 0. The highest BCUT2D eigenvalue weighted by molar-refractivity contribution is 6.04. The zero-order valence-corrected chi connectivity index (χ0v) is 19.4. The summed E-state index contributed by atoms with van der Waals surface area (Å²) >= 11 is 0. The fraction of sp³-hybridized carbons (Fsp3) is 0.308. The van der Waals surface area contributed by atoms with Crippen LogP contribution in [-0.4, -0.2) is 44.7 Å². The van der Waals surface area contributed by atoms with E-state index in [1.807, 2.05) is 30.3 Å². The normalized spacial score (nSPS) is 20.2. The third-order valence-electron chi connectivity index (χ3n) is 7.11. The number of likely N-dealkylation sites (tertiary alicyclic amines) is 1. The zero-order chi connectivity index (χ0) is 25.2. The number of amides is 2. The van der Waals surface area contributed by atoms with Crippen LogP contribution >= 0.6 is 0 Å². The van der Waals surface area contributed by atoms with Gasteiger partial charge in [0.2, 0.25) is 17.4 Å². The zero-order valence-electron chi connectivity index (χ0n) is 19.4. The molecule has 0 bridgehead atoms. The van der Waals surface area contributed by atoms with Gasteiger partial charge in [-0.05, 0) is 24.6 Å². The molecule has 6 rings (SSSR count). The molecule has 1 aromatic carbocycles. The van der Waals surface area contributed by atoms with E-state index in [1.165, 1.54) is 0 Å². The minimum atomic E-state index is -1.88. The number of nitrogens with zero attached hydrogens (tertiary/aromatic N) is 3. The highest BCUT2D eigenvalue weighted by Gasteiger charge is 2.51. The van der Waals surface area contributed by atoms with E-state index in [1.54, 1.807) is 17.6 Å². The Morgan fingerprint density at radius 1 is 1.11 bits per heavy atom. The maximum Gasteiger partial charge on any atom is 0.355 e. The fourth-order valence-electron chi connectivity index (χ4n) is 5.24. The molecule has 5 heterocycles. The second kappa shape index (κ2) is 7.84. The van der Waals surface area contributed by atoms with Gasteiger partial charge < -0.3 is 14.0 Å². The topological polar surface area (TPSA) is 125 Å². The Balaban J connectivity index is 1.45. The Labute approximate surface area is 204 Å². The van der Waals surface area contributed by atoms with Crippen molar-refractivity contribution < 1.29 is 28.7 Å². The highest BCUT2D eigenvalue weighted by atomic mass is 16.6. The van der Waals surface area contributed by atoms with Crippen LogP contribution in [0.2, 0.25) is 0 Å². The molecule has 3 aromatic rings. The van der Waals surface area contributed by atoms with Gasteiger partial charge >= 0.3 is 11.9 Å². The van der Waals surface area contributed by atoms with Crippen LogP contribution < -0.4 is 5.56 Å². The van der Waals surface area contributed by atoms with Gasteiger partial charge in [-0.25, -0.2) is 9.78 Å². The van der Waals surface area contributed by atoms with Crippen LogP contribution in [0.25, 0.3) is 22.3 Å². The Morgan fingerprint density at radius 3 is 2.61 bits per heavy atom. The van der Waals surface area contributed by atoms with Crippen LogP contribution in [0.5, 0.6) is 0 Å². The number of pyridine rings is 2. The molecule has 10 nitrogen and oxygen atoms in total. The molecule has 0 N–H and O–H groups in total. The molecule has 0 saturated carbocycles. The fourth-order valence-corrected chi connectivity index (χ4v) is 5.24. The number of para-hydroxylation sites is 1. The van der Waals surface area contributed by atoms with Crippen LogP contribution in [0.3, 0.4) is 0 Å². The minimum absolute atomic E-state index is 0.00658. The average molecular weight is 487 g/mol. The second-order valence-electron chi connectivity index (χ2n) is 9.11. The quantitative estimate of drug-likeness (QED) is 0.315. The lowest BCUT2D eigenvalue weighted by Gasteiger charge is -2.36. The molecule has 1 fully saturated rings. The van der Waals surface area contributed by atoms with Crippen LogP contribution in [-0.2, 0) is 47.4 Å². The molecule has 0 unspecified atom stereocenters. The molecule has 3 aliphatic rings. The SMILES string of the molecule is CC[C@@]1(OC(=O)CN2C(=O)CCC2=O)C(=O)OCc2c1cc1n(c2=O)Cc2cc3ccccc3nc2-1. The first-order valence-electron chi connectivity index (χ1n) is 11.7. The van der Waals surface area contributed by atoms with Crippen molar-refractivity contribution in [1.29, 1.82) is 0 Å². The number of rotatable bonds is 4. The van der Waals surface area contributed by atoms with Crippen molar-refractivity contribution in [2.24, 2.45) is 0 Å². The molecule has 182 valence electrons. The molecular formula is C26H21N3O7. The van der Waals surface area contributed by atoms with Gasteiger partial charge in [-0.2, -0.15) is 0 Å². The lowest BCUT2D eigenvalue weighted by atomic mass is 9.85. The largest absolute Gasteiger partial charge is 0.457 e. The van der Waals surface area contributed by atoms with Crippen molar-refractivity contribution in [3.8, 4) is 11.4 Å². The number of benzene rings is 1. The Morgan fingerprint density at radius 2 is 1.86 bits per heavy atom. The molecule has 2 amide bonds. The molecule has 0 spiro atoms. The molecular weight excluding hydrogens is 466 g/mol. The number of hydrogen-bond acceptors (Lipinski definition) is 8. The maximum atomic E-state index is 13.5. The van der Waals surface area contributed by atoms with Gasteiger partial charge in [0.05, 0.1) is 29.0 Å². The van der Waals surface area contributed by atoms with Crippen molar-refractivity contribution >= 4 is 34.7 Å². The number of carbonyl (C=O) groups is 4. The summed E-state index contributed by atoms with van der Waals surface area (Å²) < 4.78 is 12.6. The van der Waals surface area contributed by atoms with E-state index in [9.17, 15) is 24.0 Å². The third kappa shape index (κ3) is 3.10. The van der Waals surface area contributed by atoms with Gasteiger partial charge in [0.1, 0.15) is 13.2 Å². The smallest absolute Gasteiger partial charge is 0.355 e. The van der Waals surface area contributed by atoms with Gasteiger partial charge in [0.25, 0.3) is 5.56 Å². The number of imide groups is 1. The predicted molar refractivity (Wildman–Crippen MR) is 124 cm³/mol. The van der Waals surface area contributed by atoms with E-state index in [2.05, 4.69) is 0 Å². The summed E-state index contributed by atoms with van der Waals surface area (Å²) in [4.78, 5) is 69.0. The summed E-state index contributed by atoms with van der Waals surface area (Å²) in [6.45, 7) is 1.10. The Hall–Kier alpha value is -4.34.